The minimum atomic E-state index is -0.133. The Morgan fingerprint density at radius 2 is 1.81 bits per heavy atom. The fourth-order valence-electron chi connectivity index (χ4n) is 3.45. The standard InChI is InChI=1S/C24H25N7O/c1-4-6-11-22-27-31(17(3)5-2)24(32)30(22)16-18-12-14-19(15-13-18)20-9-7-8-10-21(20)23-25-28-29-26-23/h7-10,12-15,17H,4-5,16H2,1-3H3,(H,25,26,28,29). The summed E-state index contributed by atoms with van der Waals surface area (Å²) in [4.78, 5) is 13.0. The van der Waals surface area contributed by atoms with Gasteiger partial charge in [-0.3, -0.25) is 4.57 Å². The molecule has 4 rings (SSSR count). The van der Waals surface area contributed by atoms with Crippen LogP contribution in [0.3, 0.4) is 0 Å². The van der Waals surface area contributed by atoms with Gasteiger partial charge in [0.1, 0.15) is 0 Å². The molecule has 1 unspecified atom stereocenters. The number of nitrogens with zero attached hydrogens (tertiary/aromatic N) is 6. The van der Waals surface area contributed by atoms with Gasteiger partial charge < -0.3 is 0 Å². The van der Waals surface area contributed by atoms with Crippen molar-refractivity contribution in [2.75, 3.05) is 0 Å². The molecule has 8 heteroatoms. The van der Waals surface area contributed by atoms with E-state index in [1.54, 1.807) is 4.57 Å². The number of hydrogen-bond acceptors (Lipinski definition) is 5. The largest absolute Gasteiger partial charge is 0.347 e. The topological polar surface area (TPSA) is 94.3 Å². The number of tetrazole rings is 1. The summed E-state index contributed by atoms with van der Waals surface area (Å²) in [6, 6.07) is 16.1. The van der Waals surface area contributed by atoms with Crippen LogP contribution in [0.1, 0.15) is 51.0 Å². The van der Waals surface area contributed by atoms with Gasteiger partial charge in [-0.2, -0.15) is 5.21 Å². The molecule has 0 fully saturated rings. The second-order valence-corrected chi connectivity index (χ2v) is 7.53. The van der Waals surface area contributed by atoms with Crippen LogP contribution in [0.4, 0.5) is 0 Å². The second-order valence-electron chi connectivity index (χ2n) is 7.53. The SMILES string of the molecule is CCC#Cc1nn(C(C)CC)c(=O)n1Cc1ccc(-c2ccccc2-c2nn[nH]n2)cc1. The van der Waals surface area contributed by atoms with Crippen LogP contribution in [0, 0.1) is 11.8 Å². The van der Waals surface area contributed by atoms with Crippen LogP contribution in [0.5, 0.6) is 0 Å². The first-order valence-electron chi connectivity index (χ1n) is 10.7. The number of H-pyrrole nitrogens is 1. The molecule has 0 saturated carbocycles. The summed E-state index contributed by atoms with van der Waals surface area (Å²) in [6.45, 7) is 6.42. The summed E-state index contributed by atoms with van der Waals surface area (Å²) < 4.78 is 3.19. The molecule has 162 valence electrons. The Morgan fingerprint density at radius 1 is 1.06 bits per heavy atom. The van der Waals surface area contributed by atoms with Crippen molar-refractivity contribution in [2.24, 2.45) is 0 Å². The van der Waals surface area contributed by atoms with Crippen molar-refractivity contribution in [3.63, 3.8) is 0 Å². The molecule has 32 heavy (non-hydrogen) atoms. The van der Waals surface area contributed by atoms with Gasteiger partial charge in [-0.1, -0.05) is 68.3 Å². The summed E-state index contributed by atoms with van der Waals surface area (Å²) in [5.41, 5.74) is 3.80. The van der Waals surface area contributed by atoms with E-state index in [1.165, 1.54) is 4.68 Å². The molecule has 0 aliphatic rings. The van der Waals surface area contributed by atoms with Crippen LogP contribution in [0.25, 0.3) is 22.5 Å². The first kappa shape index (κ1) is 21.2. The lowest BCUT2D eigenvalue weighted by Gasteiger charge is -2.09. The highest BCUT2D eigenvalue weighted by atomic mass is 16.2. The van der Waals surface area contributed by atoms with Crippen molar-refractivity contribution in [3.05, 3.63) is 70.4 Å². The van der Waals surface area contributed by atoms with E-state index >= 15 is 0 Å². The molecule has 0 radical (unpaired) electrons. The lowest BCUT2D eigenvalue weighted by molar-refractivity contribution is 0.457. The number of aromatic nitrogens is 7. The van der Waals surface area contributed by atoms with Crippen LogP contribution in [-0.2, 0) is 6.54 Å². The molecule has 2 aromatic carbocycles. The smallest absolute Gasteiger partial charge is 0.264 e. The normalized spacial score (nSPS) is 11.7. The molecule has 0 aliphatic heterocycles. The van der Waals surface area contributed by atoms with Gasteiger partial charge in [0.05, 0.1) is 12.6 Å². The number of aromatic amines is 1. The Morgan fingerprint density at radius 3 is 2.47 bits per heavy atom. The van der Waals surface area contributed by atoms with E-state index in [0.29, 0.717) is 24.6 Å². The van der Waals surface area contributed by atoms with E-state index in [1.807, 2.05) is 69.3 Å². The summed E-state index contributed by atoms with van der Waals surface area (Å²) >= 11 is 0. The van der Waals surface area contributed by atoms with Crippen molar-refractivity contribution in [2.45, 2.75) is 46.2 Å². The van der Waals surface area contributed by atoms with E-state index in [9.17, 15) is 4.79 Å². The molecule has 1 atom stereocenters. The number of benzene rings is 2. The van der Waals surface area contributed by atoms with Crippen molar-refractivity contribution in [3.8, 4) is 34.4 Å². The molecule has 0 saturated heterocycles. The quantitative estimate of drug-likeness (QED) is 0.474. The predicted molar refractivity (Wildman–Crippen MR) is 123 cm³/mol. The molecular formula is C24H25N7O. The Labute approximate surface area is 186 Å². The zero-order chi connectivity index (χ0) is 22.5. The third-order valence-corrected chi connectivity index (χ3v) is 5.39. The molecule has 1 N–H and O–H groups in total. The van der Waals surface area contributed by atoms with Gasteiger partial charge in [-0.25, -0.2) is 9.48 Å². The number of nitrogens with one attached hydrogen (secondary N) is 1. The molecule has 2 heterocycles. The van der Waals surface area contributed by atoms with E-state index in [0.717, 1.165) is 28.7 Å². The van der Waals surface area contributed by atoms with Crippen LogP contribution in [0.15, 0.2) is 53.3 Å². The van der Waals surface area contributed by atoms with E-state index in [-0.39, 0.29) is 11.7 Å². The van der Waals surface area contributed by atoms with Gasteiger partial charge in [-0.05, 0) is 41.2 Å². The van der Waals surface area contributed by atoms with Gasteiger partial charge in [0.25, 0.3) is 0 Å². The maximum absolute atomic E-state index is 13.0. The van der Waals surface area contributed by atoms with Crippen LogP contribution in [0.2, 0.25) is 0 Å². The van der Waals surface area contributed by atoms with Crippen molar-refractivity contribution in [1.82, 2.24) is 35.0 Å². The van der Waals surface area contributed by atoms with Crippen LogP contribution >= 0.6 is 0 Å². The summed E-state index contributed by atoms with van der Waals surface area (Å²) in [5, 5.41) is 18.9. The Kier molecular flexibility index (Phi) is 6.26. The van der Waals surface area contributed by atoms with Crippen LogP contribution in [-0.4, -0.2) is 35.0 Å². The molecule has 2 aromatic heterocycles. The van der Waals surface area contributed by atoms with Crippen molar-refractivity contribution < 1.29 is 0 Å². The summed E-state index contributed by atoms with van der Waals surface area (Å²) in [6.07, 6.45) is 1.53. The average molecular weight is 428 g/mol. The fraction of sp³-hybridized carbons (Fsp3) is 0.292. The van der Waals surface area contributed by atoms with E-state index in [2.05, 4.69) is 37.6 Å². The van der Waals surface area contributed by atoms with Crippen molar-refractivity contribution >= 4 is 0 Å². The number of rotatable bonds is 6. The van der Waals surface area contributed by atoms with Gasteiger partial charge in [0, 0.05) is 12.0 Å². The minimum absolute atomic E-state index is 0.0231. The van der Waals surface area contributed by atoms with Crippen LogP contribution < -0.4 is 5.69 Å². The third-order valence-electron chi connectivity index (χ3n) is 5.39. The monoisotopic (exact) mass is 427 g/mol. The highest BCUT2D eigenvalue weighted by molar-refractivity contribution is 5.80. The van der Waals surface area contributed by atoms with Gasteiger partial charge in [-0.15, -0.1) is 15.3 Å². The van der Waals surface area contributed by atoms with Gasteiger partial charge >= 0.3 is 5.69 Å². The predicted octanol–water partition coefficient (Wildman–Crippen LogP) is 3.67. The fourth-order valence-corrected chi connectivity index (χ4v) is 3.45. The third kappa shape index (κ3) is 4.23. The maximum atomic E-state index is 13.0. The molecule has 0 amide bonds. The summed E-state index contributed by atoms with van der Waals surface area (Å²) in [5.74, 6) is 7.13. The molecule has 0 aliphatic carbocycles. The zero-order valence-corrected chi connectivity index (χ0v) is 18.4. The highest BCUT2D eigenvalue weighted by Gasteiger charge is 2.16. The first-order valence-corrected chi connectivity index (χ1v) is 10.7. The van der Waals surface area contributed by atoms with E-state index in [4.69, 9.17) is 0 Å². The summed E-state index contributed by atoms with van der Waals surface area (Å²) in [7, 11) is 0. The molecule has 0 spiro atoms. The molecular weight excluding hydrogens is 402 g/mol. The molecule has 8 nitrogen and oxygen atoms in total. The highest BCUT2D eigenvalue weighted by Crippen LogP contribution is 2.29. The Balaban J connectivity index is 1.66. The Bertz CT molecular complexity index is 1310. The number of hydrogen-bond donors (Lipinski definition) is 1. The maximum Gasteiger partial charge on any atom is 0.347 e. The van der Waals surface area contributed by atoms with Crippen molar-refractivity contribution in [1.29, 1.82) is 0 Å². The van der Waals surface area contributed by atoms with E-state index < -0.39 is 0 Å². The second kappa shape index (κ2) is 9.43. The minimum Gasteiger partial charge on any atom is -0.264 e. The van der Waals surface area contributed by atoms with Gasteiger partial charge in [0.15, 0.2) is 0 Å². The first-order chi connectivity index (χ1) is 15.6. The zero-order valence-electron chi connectivity index (χ0n) is 18.4. The Hall–Kier alpha value is -3.99. The molecule has 0 bridgehead atoms. The average Bonchev–Trinajstić information content (AvgIpc) is 3.47. The lowest BCUT2D eigenvalue weighted by Crippen LogP contribution is -2.27. The molecule has 4 aromatic rings. The van der Waals surface area contributed by atoms with Gasteiger partial charge in [0.2, 0.25) is 11.6 Å². The lowest BCUT2D eigenvalue weighted by atomic mass is 9.98.